The third-order valence-corrected chi connectivity index (χ3v) is 2.10. The first-order valence-electron chi connectivity index (χ1n) is 3.30. The van der Waals surface area contributed by atoms with Crippen LogP contribution in [0, 0.1) is 6.92 Å². The van der Waals surface area contributed by atoms with Gasteiger partial charge in [-0.1, -0.05) is 40.5 Å². The summed E-state index contributed by atoms with van der Waals surface area (Å²) in [5.41, 5.74) is 1.45. The molecule has 0 atom stereocenters. The van der Waals surface area contributed by atoms with Crippen LogP contribution in [0.5, 0.6) is 0 Å². The maximum absolute atomic E-state index is 8.43. The Morgan fingerprint density at radius 2 is 2.17 bits per heavy atom. The van der Waals surface area contributed by atoms with E-state index in [-0.39, 0.29) is 5.17 Å². The molecular formula is C8H7Cl2NO. The number of rotatable bonds is 1. The van der Waals surface area contributed by atoms with Crippen molar-refractivity contribution >= 4 is 28.4 Å². The molecule has 0 saturated heterocycles. The van der Waals surface area contributed by atoms with Crippen LogP contribution >= 0.6 is 23.2 Å². The van der Waals surface area contributed by atoms with Gasteiger partial charge in [0, 0.05) is 5.56 Å². The van der Waals surface area contributed by atoms with E-state index in [1.54, 1.807) is 6.07 Å². The van der Waals surface area contributed by atoms with E-state index in [2.05, 4.69) is 5.16 Å². The summed E-state index contributed by atoms with van der Waals surface area (Å²) in [5, 5.41) is 11.8. The predicted molar refractivity (Wildman–Crippen MR) is 50.4 cm³/mol. The Kier molecular flexibility index (Phi) is 2.95. The van der Waals surface area contributed by atoms with Crippen molar-refractivity contribution < 1.29 is 5.21 Å². The van der Waals surface area contributed by atoms with E-state index in [0.29, 0.717) is 10.6 Å². The first-order chi connectivity index (χ1) is 5.66. The molecule has 0 bridgehead atoms. The van der Waals surface area contributed by atoms with Crippen molar-refractivity contribution in [1.29, 1.82) is 0 Å². The SMILES string of the molecule is Cc1cccc(Cl)c1C(Cl)=NO. The first kappa shape index (κ1) is 9.36. The average Bonchev–Trinajstić information content (AvgIpc) is 2.03. The Labute approximate surface area is 80.4 Å². The molecule has 0 spiro atoms. The third kappa shape index (κ3) is 1.71. The van der Waals surface area contributed by atoms with Crippen molar-refractivity contribution in [1.82, 2.24) is 0 Å². The minimum absolute atomic E-state index is 0.0121. The van der Waals surface area contributed by atoms with Crippen LogP contribution in [0.15, 0.2) is 23.4 Å². The second-order valence-electron chi connectivity index (χ2n) is 2.32. The van der Waals surface area contributed by atoms with Crippen LogP contribution in [-0.4, -0.2) is 10.4 Å². The van der Waals surface area contributed by atoms with Crippen molar-refractivity contribution in [3.8, 4) is 0 Å². The van der Waals surface area contributed by atoms with Crippen molar-refractivity contribution in [2.24, 2.45) is 5.16 Å². The van der Waals surface area contributed by atoms with Gasteiger partial charge in [0.05, 0.1) is 5.02 Å². The van der Waals surface area contributed by atoms with Gasteiger partial charge in [-0.3, -0.25) is 0 Å². The lowest BCUT2D eigenvalue weighted by atomic mass is 10.1. The Bertz CT molecular complexity index is 303. The predicted octanol–water partition coefficient (Wildman–Crippen LogP) is 3.02. The normalized spacial score (nSPS) is 11.8. The molecule has 1 rings (SSSR count). The van der Waals surface area contributed by atoms with Crippen molar-refractivity contribution in [2.45, 2.75) is 6.92 Å². The Morgan fingerprint density at radius 3 is 2.67 bits per heavy atom. The van der Waals surface area contributed by atoms with E-state index in [4.69, 9.17) is 28.4 Å². The number of hydrogen-bond donors (Lipinski definition) is 1. The van der Waals surface area contributed by atoms with Crippen LogP contribution in [-0.2, 0) is 0 Å². The summed E-state index contributed by atoms with van der Waals surface area (Å²) >= 11 is 11.4. The smallest absolute Gasteiger partial charge is 0.177 e. The number of nitrogens with zero attached hydrogens (tertiary/aromatic N) is 1. The molecule has 0 fully saturated rings. The topological polar surface area (TPSA) is 32.6 Å². The molecule has 1 aromatic carbocycles. The Balaban J connectivity index is 3.31. The Hall–Kier alpha value is -0.730. The van der Waals surface area contributed by atoms with Crippen LogP contribution < -0.4 is 0 Å². The highest BCUT2D eigenvalue weighted by atomic mass is 35.5. The third-order valence-electron chi connectivity index (χ3n) is 1.52. The summed E-state index contributed by atoms with van der Waals surface area (Å²) in [7, 11) is 0. The number of oxime groups is 1. The van der Waals surface area contributed by atoms with Gasteiger partial charge in [0.2, 0.25) is 0 Å². The molecule has 1 N–H and O–H groups in total. The van der Waals surface area contributed by atoms with Gasteiger partial charge in [-0.15, -0.1) is 0 Å². The summed E-state index contributed by atoms with van der Waals surface area (Å²) in [6, 6.07) is 5.34. The fraction of sp³-hybridized carbons (Fsp3) is 0.125. The van der Waals surface area contributed by atoms with E-state index < -0.39 is 0 Å². The quantitative estimate of drug-likeness (QED) is 0.425. The Morgan fingerprint density at radius 1 is 1.50 bits per heavy atom. The molecule has 0 aliphatic heterocycles. The molecule has 0 aliphatic carbocycles. The van der Waals surface area contributed by atoms with Crippen LogP contribution in [0.2, 0.25) is 5.02 Å². The van der Waals surface area contributed by atoms with E-state index >= 15 is 0 Å². The largest absolute Gasteiger partial charge is 0.410 e. The van der Waals surface area contributed by atoms with E-state index in [9.17, 15) is 0 Å². The standard InChI is InChI=1S/C8H7Cl2NO/c1-5-3-2-4-6(9)7(5)8(10)11-12/h2-4,12H,1H3. The molecule has 0 aromatic heterocycles. The molecule has 2 nitrogen and oxygen atoms in total. The van der Waals surface area contributed by atoms with Gasteiger partial charge >= 0.3 is 0 Å². The molecule has 0 saturated carbocycles. The molecule has 4 heteroatoms. The summed E-state index contributed by atoms with van der Waals surface area (Å²) in [4.78, 5) is 0. The second kappa shape index (κ2) is 3.78. The fourth-order valence-corrected chi connectivity index (χ4v) is 1.55. The number of halogens is 2. The number of aryl methyl sites for hydroxylation is 1. The van der Waals surface area contributed by atoms with Crippen LogP contribution in [0.3, 0.4) is 0 Å². The summed E-state index contributed by atoms with van der Waals surface area (Å²) in [5.74, 6) is 0. The highest BCUT2D eigenvalue weighted by Gasteiger charge is 2.08. The number of hydrogen-bond acceptors (Lipinski definition) is 2. The zero-order chi connectivity index (χ0) is 9.14. The average molecular weight is 204 g/mol. The lowest BCUT2D eigenvalue weighted by molar-refractivity contribution is 0.321. The summed E-state index contributed by atoms with van der Waals surface area (Å²) in [6.45, 7) is 1.84. The van der Waals surface area contributed by atoms with Gasteiger partial charge < -0.3 is 5.21 Å². The van der Waals surface area contributed by atoms with E-state index in [1.807, 2.05) is 19.1 Å². The summed E-state index contributed by atoms with van der Waals surface area (Å²) in [6.07, 6.45) is 0. The van der Waals surface area contributed by atoms with Gasteiger partial charge in [0.15, 0.2) is 5.17 Å². The van der Waals surface area contributed by atoms with Gasteiger partial charge in [-0.2, -0.15) is 0 Å². The van der Waals surface area contributed by atoms with Crippen molar-refractivity contribution in [3.63, 3.8) is 0 Å². The highest BCUT2D eigenvalue weighted by molar-refractivity contribution is 6.70. The molecule has 0 unspecified atom stereocenters. The molecule has 0 heterocycles. The maximum atomic E-state index is 8.43. The van der Waals surface area contributed by atoms with Crippen molar-refractivity contribution in [2.75, 3.05) is 0 Å². The molecule has 0 radical (unpaired) electrons. The van der Waals surface area contributed by atoms with E-state index in [0.717, 1.165) is 5.56 Å². The molecule has 1 aromatic rings. The van der Waals surface area contributed by atoms with E-state index in [1.165, 1.54) is 0 Å². The highest BCUT2D eigenvalue weighted by Crippen LogP contribution is 2.21. The van der Waals surface area contributed by atoms with Gasteiger partial charge in [0.25, 0.3) is 0 Å². The van der Waals surface area contributed by atoms with Gasteiger partial charge in [0.1, 0.15) is 0 Å². The lowest BCUT2D eigenvalue weighted by Gasteiger charge is -2.03. The van der Waals surface area contributed by atoms with Crippen LogP contribution in [0.25, 0.3) is 0 Å². The molecule has 0 amide bonds. The summed E-state index contributed by atoms with van der Waals surface area (Å²) < 4.78 is 0. The monoisotopic (exact) mass is 203 g/mol. The molecular weight excluding hydrogens is 197 g/mol. The van der Waals surface area contributed by atoms with Crippen LogP contribution in [0.4, 0.5) is 0 Å². The fourth-order valence-electron chi connectivity index (χ4n) is 0.943. The van der Waals surface area contributed by atoms with Crippen molar-refractivity contribution in [3.05, 3.63) is 34.3 Å². The first-order valence-corrected chi connectivity index (χ1v) is 4.05. The molecule has 0 aliphatic rings. The van der Waals surface area contributed by atoms with Gasteiger partial charge in [-0.25, -0.2) is 0 Å². The minimum atomic E-state index is 0.0121. The minimum Gasteiger partial charge on any atom is -0.410 e. The maximum Gasteiger partial charge on any atom is 0.177 e. The molecule has 12 heavy (non-hydrogen) atoms. The molecule has 64 valence electrons. The second-order valence-corrected chi connectivity index (χ2v) is 3.09. The van der Waals surface area contributed by atoms with Crippen LogP contribution in [0.1, 0.15) is 11.1 Å². The van der Waals surface area contributed by atoms with Gasteiger partial charge in [-0.05, 0) is 18.6 Å². The number of benzene rings is 1. The lowest BCUT2D eigenvalue weighted by Crippen LogP contribution is -1.95. The zero-order valence-corrected chi connectivity index (χ0v) is 7.89. The zero-order valence-electron chi connectivity index (χ0n) is 6.38.